The zero-order valence-electron chi connectivity index (χ0n) is 36.8. The number of hydrogen-bond acceptors (Lipinski definition) is 14. The highest BCUT2D eigenvalue weighted by molar-refractivity contribution is 5.96. The molecule has 352 valence electrons. The number of aliphatic hydroxyl groups excluding tert-OH is 2. The average molecular weight is 922 g/mol. The van der Waals surface area contributed by atoms with E-state index in [1.165, 1.54) is 52.0 Å². The van der Waals surface area contributed by atoms with Crippen LogP contribution in [-0.4, -0.2) is 105 Å². The van der Waals surface area contributed by atoms with Crippen LogP contribution in [0.5, 0.6) is 0 Å². The van der Waals surface area contributed by atoms with Crippen LogP contribution in [-0.2, 0) is 49.0 Å². The predicted octanol–water partition coefficient (Wildman–Crippen LogP) is 4.75. The van der Waals surface area contributed by atoms with Crippen LogP contribution in [0.3, 0.4) is 0 Å². The molecule has 4 aliphatic rings. The highest BCUT2D eigenvalue weighted by Crippen LogP contribution is 2.64. The minimum atomic E-state index is -4.68. The van der Waals surface area contributed by atoms with Crippen molar-refractivity contribution >= 4 is 35.6 Å². The molecule has 0 aromatic heterocycles. The van der Waals surface area contributed by atoms with Crippen molar-refractivity contribution in [2.45, 2.75) is 114 Å². The quantitative estimate of drug-likeness (QED) is 0.123. The molecule has 0 spiro atoms. The number of halogens is 3. The number of rotatable bonds is 10. The molecule has 1 unspecified atom stereocenters. The topological polar surface area (TPSA) is 221 Å². The van der Waals surface area contributed by atoms with Gasteiger partial charge in [0.2, 0.25) is 0 Å². The summed E-state index contributed by atoms with van der Waals surface area (Å²) in [4.78, 5) is 83.6. The molecule has 3 fully saturated rings. The monoisotopic (exact) mass is 921 g/mol. The Morgan fingerprint density at radius 2 is 1.45 bits per heavy atom. The summed E-state index contributed by atoms with van der Waals surface area (Å²) in [6, 6.07) is 17.0. The van der Waals surface area contributed by atoms with Crippen LogP contribution < -0.4 is 5.32 Å². The fraction of sp³-hybridized carbons (Fsp3) is 0.458. The van der Waals surface area contributed by atoms with Gasteiger partial charge in [0, 0.05) is 37.7 Å². The zero-order chi connectivity index (χ0) is 48.3. The molecule has 2 saturated carbocycles. The molecule has 4 N–H and O–H groups in total. The molecule has 1 saturated heterocycles. The van der Waals surface area contributed by atoms with Crippen molar-refractivity contribution < 1.29 is 80.9 Å². The van der Waals surface area contributed by atoms with Gasteiger partial charge in [-0.05, 0) is 67.0 Å². The fourth-order valence-electron chi connectivity index (χ4n) is 10.4. The molecule has 1 heterocycles. The molecule has 0 radical (unpaired) electrons. The van der Waals surface area contributed by atoms with Crippen molar-refractivity contribution in [2.24, 2.45) is 16.7 Å². The molecule has 11 atom stereocenters. The predicted molar refractivity (Wildman–Crippen MR) is 223 cm³/mol. The second-order valence-electron chi connectivity index (χ2n) is 18.1. The highest BCUT2D eigenvalue weighted by Gasteiger charge is 2.78. The van der Waals surface area contributed by atoms with Crippen molar-refractivity contribution in [3.63, 3.8) is 0 Å². The van der Waals surface area contributed by atoms with E-state index in [4.69, 9.17) is 23.7 Å². The van der Waals surface area contributed by atoms with Gasteiger partial charge in [0.05, 0.1) is 41.2 Å². The molecule has 3 aliphatic carbocycles. The van der Waals surface area contributed by atoms with Crippen LogP contribution in [0.2, 0.25) is 0 Å². The first kappa shape index (κ1) is 48.0. The summed E-state index contributed by atoms with van der Waals surface area (Å²) in [5, 5.41) is 40.0. The van der Waals surface area contributed by atoms with Gasteiger partial charge in [-0.25, -0.2) is 9.59 Å². The van der Waals surface area contributed by atoms with Gasteiger partial charge in [-0.2, -0.15) is 13.2 Å². The van der Waals surface area contributed by atoms with E-state index >= 15 is 4.79 Å². The maximum Gasteiger partial charge on any atom is 0.416 e. The third-order valence-corrected chi connectivity index (χ3v) is 13.9. The van der Waals surface area contributed by atoms with Crippen LogP contribution in [0.15, 0.2) is 96.1 Å². The number of carbonyl (C=O) groups excluding carboxylic acids is 6. The standard InChI is InChI=1S/C48H50F3NO14/c1-24-31(64-43(60)36(56)35(27-13-9-7-10-14-27)52-41(58)28-17-19-30(20-18-28)48(49,50)51)22-47(61)40(65-42(59)29-15-11-8-12-16-29)38-45(6,32(55)21-33-46(38,23-62-33)66-26(3)54)39(57)37(63-25(2)53)34(24)44(47,4)5/h7-20,31-33,35-38,40,55-56,61H,21-23H2,1-6H3,(H,52,58)/t31-,32-,33+,35+,36+,37+,38?,40-,45+,46-,47+/m0/s1. The van der Waals surface area contributed by atoms with Crippen LogP contribution >= 0.6 is 0 Å². The molecular weight excluding hydrogens is 872 g/mol. The number of benzene rings is 3. The fourth-order valence-corrected chi connectivity index (χ4v) is 10.4. The Morgan fingerprint density at radius 3 is 2.00 bits per heavy atom. The summed E-state index contributed by atoms with van der Waals surface area (Å²) in [5.74, 6) is -7.64. The Bertz CT molecular complexity index is 2440. The van der Waals surface area contributed by atoms with E-state index in [-0.39, 0.29) is 40.9 Å². The maximum atomic E-state index is 15.5. The van der Waals surface area contributed by atoms with Gasteiger partial charge >= 0.3 is 30.1 Å². The van der Waals surface area contributed by atoms with Gasteiger partial charge in [-0.1, -0.05) is 62.4 Å². The number of Topliss-reactive ketones (excluding diaryl/α,β-unsaturated/α-hetero) is 1. The maximum absolute atomic E-state index is 15.5. The van der Waals surface area contributed by atoms with Gasteiger partial charge in [0.25, 0.3) is 5.91 Å². The lowest BCUT2D eigenvalue weighted by Crippen LogP contribution is -2.82. The Kier molecular flexibility index (Phi) is 12.6. The Hall–Kier alpha value is -5.95. The average Bonchev–Trinajstić information content (AvgIpc) is 3.26. The van der Waals surface area contributed by atoms with E-state index in [1.807, 2.05) is 0 Å². The first-order valence-electron chi connectivity index (χ1n) is 21.2. The van der Waals surface area contributed by atoms with Gasteiger partial charge in [-0.15, -0.1) is 0 Å². The second-order valence-corrected chi connectivity index (χ2v) is 18.1. The summed E-state index contributed by atoms with van der Waals surface area (Å²) < 4.78 is 70.0. The number of amides is 1. The molecule has 66 heavy (non-hydrogen) atoms. The molecule has 18 heteroatoms. The van der Waals surface area contributed by atoms with E-state index in [9.17, 15) is 52.5 Å². The van der Waals surface area contributed by atoms with Crippen molar-refractivity contribution in [1.29, 1.82) is 0 Å². The van der Waals surface area contributed by atoms with Crippen LogP contribution in [0, 0.1) is 16.7 Å². The van der Waals surface area contributed by atoms with Crippen molar-refractivity contribution in [2.75, 3.05) is 6.61 Å². The Morgan fingerprint density at radius 1 is 0.848 bits per heavy atom. The minimum Gasteiger partial charge on any atom is -0.456 e. The molecule has 1 aliphatic heterocycles. The number of hydrogen-bond donors (Lipinski definition) is 4. The summed E-state index contributed by atoms with van der Waals surface area (Å²) >= 11 is 0. The van der Waals surface area contributed by atoms with Crippen LogP contribution in [0.25, 0.3) is 0 Å². The van der Waals surface area contributed by atoms with E-state index in [2.05, 4.69) is 5.32 Å². The van der Waals surface area contributed by atoms with Crippen LogP contribution in [0.4, 0.5) is 13.2 Å². The minimum absolute atomic E-state index is 0.0187. The normalized spacial score (nSPS) is 30.9. The number of ether oxygens (including phenoxy) is 5. The van der Waals surface area contributed by atoms with Gasteiger partial charge in [-0.3, -0.25) is 19.2 Å². The zero-order valence-corrected chi connectivity index (χ0v) is 36.8. The number of alkyl halides is 3. The van der Waals surface area contributed by atoms with Gasteiger partial charge in [0.1, 0.15) is 23.9 Å². The number of carbonyl (C=O) groups is 6. The molecule has 3 aromatic carbocycles. The lowest BCUT2D eigenvalue weighted by molar-refractivity contribution is -0.346. The lowest BCUT2D eigenvalue weighted by atomic mass is 9.44. The molecule has 1 amide bonds. The lowest BCUT2D eigenvalue weighted by Gasteiger charge is -2.67. The van der Waals surface area contributed by atoms with E-state index < -0.39 is 124 Å². The van der Waals surface area contributed by atoms with Gasteiger partial charge in [0.15, 0.2) is 23.6 Å². The SMILES string of the molecule is CC(=O)O[C@H]1C(=O)[C@@]2(C)C([C@H](OC(=O)c3ccccc3)[C@]3(O)C[C@H](OC(=O)[C@H](O)[C@H](NC(=O)c4ccc(C(F)(F)F)cc4)c4ccccc4)C(C)=C1C3(C)C)[C@]1(OC(C)=O)CO[C@@H]1C[C@@H]2O. The Balaban J connectivity index is 1.35. The summed E-state index contributed by atoms with van der Waals surface area (Å²) in [5.41, 5.74) is -9.21. The number of nitrogens with one attached hydrogen (secondary N) is 1. The van der Waals surface area contributed by atoms with E-state index in [1.54, 1.807) is 36.4 Å². The second kappa shape index (κ2) is 17.4. The molecule has 15 nitrogen and oxygen atoms in total. The Labute approximate surface area is 377 Å². The van der Waals surface area contributed by atoms with Crippen molar-refractivity contribution in [3.05, 3.63) is 118 Å². The van der Waals surface area contributed by atoms with E-state index in [0.29, 0.717) is 12.1 Å². The first-order valence-corrected chi connectivity index (χ1v) is 21.2. The summed E-state index contributed by atoms with van der Waals surface area (Å²) in [6.45, 7) is 7.60. The highest BCUT2D eigenvalue weighted by atomic mass is 19.4. The molecule has 2 bridgehead atoms. The van der Waals surface area contributed by atoms with E-state index in [0.717, 1.165) is 26.0 Å². The first-order chi connectivity index (χ1) is 30.9. The third-order valence-electron chi connectivity index (χ3n) is 13.9. The molecule has 7 rings (SSSR count). The smallest absolute Gasteiger partial charge is 0.416 e. The largest absolute Gasteiger partial charge is 0.456 e. The molecular formula is C48H50F3NO14. The van der Waals surface area contributed by atoms with Crippen molar-refractivity contribution in [1.82, 2.24) is 5.32 Å². The third kappa shape index (κ3) is 8.07. The van der Waals surface area contributed by atoms with Gasteiger partial charge < -0.3 is 44.3 Å². The molecule has 3 aromatic rings. The number of fused-ring (bicyclic) bond motifs is 5. The van der Waals surface area contributed by atoms with Crippen LogP contribution in [0.1, 0.15) is 92.3 Å². The number of esters is 4. The summed E-state index contributed by atoms with van der Waals surface area (Å²) in [6.07, 6.45) is -15.9. The van der Waals surface area contributed by atoms with Crippen molar-refractivity contribution in [3.8, 4) is 0 Å². The number of aliphatic hydroxyl groups is 3. The number of ketones is 1. The summed E-state index contributed by atoms with van der Waals surface area (Å²) in [7, 11) is 0.